The zero-order valence-electron chi connectivity index (χ0n) is 11.1. The van der Waals surface area contributed by atoms with Crippen molar-refractivity contribution in [1.82, 2.24) is 0 Å². The molecule has 3 aromatic rings. The highest BCUT2D eigenvalue weighted by atomic mass is 16.5. The van der Waals surface area contributed by atoms with E-state index in [-0.39, 0.29) is 5.97 Å². The third-order valence-electron chi connectivity index (χ3n) is 3.50. The highest BCUT2D eigenvalue weighted by molar-refractivity contribution is 6.10. The van der Waals surface area contributed by atoms with Crippen LogP contribution in [-0.4, -0.2) is 13.1 Å². The van der Waals surface area contributed by atoms with Gasteiger partial charge >= 0.3 is 5.97 Å². The van der Waals surface area contributed by atoms with Crippen LogP contribution in [0.4, 0.5) is 0 Å². The second-order valence-electron chi connectivity index (χ2n) is 4.66. The summed E-state index contributed by atoms with van der Waals surface area (Å²) in [6.07, 6.45) is 0. The van der Waals surface area contributed by atoms with Crippen molar-refractivity contribution in [2.75, 3.05) is 7.11 Å². The van der Waals surface area contributed by atoms with E-state index in [1.165, 1.54) is 7.11 Å². The molecule has 1 heterocycles. The molecular formula is C16H14O3. The van der Waals surface area contributed by atoms with Gasteiger partial charge in [-0.2, -0.15) is 0 Å². The number of hydrogen-bond acceptors (Lipinski definition) is 3. The number of para-hydroxylation sites is 1. The van der Waals surface area contributed by atoms with E-state index >= 15 is 0 Å². The Labute approximate surface area is 110 Å². The van der Waals surface area contributed by atoms with Gasteiger partial charge in [0, 0.05) is 16.3 Å². The van der Waals surface area contributed by atoms with Crippen LogP contribution in [0.1, 0.15) is 21.5 Å². The molecule has 0 N–H and O–H groups in total. The first-order valence-electron chi connectivity index (χ1n) is 6.13. The molecule has 0 saturated carbocycles. The molecule has 0 aliphatic heterocycles. The Kier molecular flexibility index (Phi) is 2.56. The third kappa shape index (κ3) is 1.62. The summed E-state index contributed by atoms with van der Waals surface area (Å²) in [7, 11) is 1.39. The van der Waals surface area contributed by atoms with Crippen LogP contribution in [0.2, 0.25) is 0 Å². The van der Waals surface area contributed by atoms with Crippen molar-refractivity contribution in [1.29, 1.82) is 0 Å². The first-order chi connectivity index (χ1) is 9.13. The molecule has 2 aromatic carbocycles. The lowest BCUT2D eigenvalue weighted by atomic mass is 9.99. The summed E-state index contributed by atoms with van der Waals surface area (Å²) in [4.78, 5) is 11.8. The molecular weight excluding hydrogens is 240 g/mol. The quantitative estimate of drug-likeness (QED) is 0.616. The fraction of sp³-hybridized carbons (Fsp3) is 0.188. The number of carbonyl (C=O) groups is 1. The summed E-state index contributed by atoms with van der Waals surface area (Å²) in [6.45, 7) is 3.87. The van der Waals surface area contributed by atoms with Gasteiger partial charge in [0.15, 0.2) is 0 Å². The number of fused-ring (bicyclic) bond motifs is 3. The fourth-order valence-corrected chi connectivity index (χ4v) is 2.54. The highest BCUT2D eigenvalue weighted by Crippen LogP contribution is 2.34. The van der Waals surface area contributed by atoms with Gasteiger partial charge in [-0.25, -0.2) is 4.79 Å². The Morgan fingerprint density at radius 3 is 2.68 bits per heavy atom. The second kappa shape index (κ2) is 4.12. The molecule has 96 valence electrons. The molecule has 0 bridgehead atoms. The number of hydrogen-bond donors (Lipinski definition) is 0. The Morgan fingerprint density at radius 1 is 1.21 bits per heavy atom. The van der Waals surface area contributed by atoms with Crippen molar-refractivity contribution in [3.63, 3.8) is 0 Å². The van der Waals surface area contributed by atoms with Crippen LogP contribution in [0.25, 0.3) is 21.9 Å². The maximum Gasteiger partial charge on any atom is 0.338 e. The van der Waals surface area contributed by atoms with Crippen LogP contribution in [0, 0.1) is 13.8 Å². The van der Waals surface area contributed by atoms with Crippen LogP contribution in [0.3, 0.4) is 0 Å². The Bertz CT molecular complexity index is 796. The molecule has 3 nitrogen and oxygen atoms in total. The van der Waals surface area contributed by atoms with Crippen molar-refractivity contribution < 1.29 is 13.9 Å². The number of rotatable bonds is 1. The molecule has 0 atom stereocenters. The van der Waals surface area contributed by atoms with Crippen molar-refractivity contribution in [3.05, 3.63) is 47.0 Å². The number of benzene rings is 2. The van der Waals surface area contributed by atoms with Gasteiger partial charge in [-0.15, -0.1) is 0 Å². The predicted molar refractivity (Wildman–Crippen MR) is 74.5 cm³/mol. The number of esters is 1. The summed E-state index contributed by atoms with van der Waals surface area (Å²) in [6, 6.07) is 9.76. The van der Waals surface area contributed by atoms with E-state index in [1.54, 1.807) is 0 Å². The predicted octanol–water partition coefficient (Wildman–Crippen LogP) is 3.99. The first-order valence-corrected chi connectivity index (χ1v) is 6.13. The van der Waals surface area contributed by atoms with E-state index in [9.17, 15) is 4.79 Å². The Hall–Kier alpha value is -2.29. The van der Waals surface area contributed by atoms with E-state index < -0.39 is 0 Å². The number of aryl methyl sites for hydroxylation is 2. The maximum absolute atomic E-state index is 11.8. The van der Waals surface area contributed by atoms with Crippen molar-refractivity contribution >= 4 is 27.9 Å². The van der Waals surface area contributed by atoms with Crippen molar-refractivity contribution in [2.24, 2.45) is 0 Å². The highest BCUT2D eigenvalue weighted by Gasteiger charge is 2.18. The molecule has 0 aliphatic rings. The fourth-order valence-electron chi connectivity index (χ4n) is 2.54. The van der Waals surface area contributed by atoms with Gasteiger partial charge in [0.2, 0.25) is 0 Å². The van der Waals surface area contributed by atoms with Gasteiger partial charge in [-0.3, -0.25) is 0 Å². The van der Waals surface area contributed by atoms with E-state index in [4.69, 9.17) is 9.15 Å². The molecule has 0 aliphatic carbocycles. The van der Waals surface area contributed by atoms with Gasteiger partial charge < -0.3 is 9.15 Å². The molecule has 3 heteroatoms. The SMILES string of the molecule is COC(=O)c1cc(C)c2c(oc3ccccc32)c1C. The van der Waals surface area contributed by atoms with Gasteiger partial charge in [0.25, 0.3) is 0 Å². The molecule has 0 saturated heterocycles. The minimum absolute atomic E-state index is 0.331. The smallest absolute Gasteiger partial charge is 0.338 e. The second-order valence-corrected chi connectivity index (χ2v) is 4.66. The minimum atomic E-state index is -0.331. The monoisotopic (exact) mass is 254 g/mol. The molecule has 0 fully saturated rings. The minimum Gasteiger partial charge on any atom is -0.465 e. The average molecular weight is 254 g/mol. The average Bonchev–Trinajstić information content (AvgIpc) is 2.82. The number of carbonyl (C=O) groups excluding carboxylic acids is 1. The van der Waals surface area contributed by atoms with Crippen LogP contribution in [0.15, 0.2) is 34.7 Å². The standard InChI is InChI=1S/C16H14O3/c1-9-8-12(16(17)18-3)10(2)15-14(9)11-6-4-5-7-13(11)19-15/h4-8H,1-3H3. The number of furan rings is 1. The largest absolute Gasteiger partial charge is 0.465 e. The van der Waals surface area contributed by atoms with E-state index in [0.29, 0.717) is 5.56 Å². The number of ether oxygens (including phenoxy) is 1. The Balaban J connectivity index is 2.47. The lowest BCUT2D eigenvalue weighted by Gasteiger charge is -2.06. The Morgan fingerprint density at radius 2 is 1.95 bits per heavy atom. The number of methoxy groups -OCH3 is 1. The zero-order valence-corrected chi connectivity index (χ0v) is 11.1. The summed E-state index contributed by atoms with van der Waals surface area (Å²) in [5.74, 6) is -0.331. The van der Waals surface area contributed by atoms with Gasteiger partial charge in [-0.05, 0) is 31.5 Å². The zero-order chi connectivity index (χ0) is 13.6. The van der Waals surface area contributed by atoms with E-state index in [1.807, 2.05) is 44.2 Å². The first kappa shape index (κ1) is 11.8. The summed E-state index contributed by atoms with van der Waals surface area (Å²) in [5.41, 5.74) is 4.01. The van der Waals surface area contributed by atoms with Gasteiger partial charge in [-0.1, -0.05) is 18.2 Å². The van der Waals surface area contributed by atoms with Crippen molar-refractivity contribution in [2.45, 2.75) is 13.8 Å². The van der Waals surface area contributed by atoms with Gasteiger partial charge in [0.1, 0.15) is 11.2 Å². The lowest BCUT2D eigenvalue weighted by Crippen LogP contribution is -2.04. The molecule has 1 aromatic heterocycles. The molecule has 0 radical (unpaired) electrons. The topological polar surface area (TPSA) is 39.4 Å². The lowest BCUT2D eigenvalue weighted by molar-refractivity contribution is 0.0600. The van der Waals surface area contributed by atoms with Crippen LogP contribution < -0.4 is 0 Å². The molecule has 0 spiro atoms. The molecule has 19 heavy (non-hydrogen) atoms. The summed E-state index contributed by atoms with van der Waals surface area (Å²) in [5, 5.41) is 2.15. The van der Waals surface area contributed by atoms with E-state index in [0.717, 1.165) is 33.1 Å². The van der Waals surface area contributed by atoms with E-state index in [2.05, 4.69) is 0 Å². The molecule has 0 amide bonds. The van der Waals surface area contributed by atoms with Crippen molar-refractivity contribution in [3.8, 4) is 0 Å². The normalized spacial score (nSPS) is 11.1. The summed E-state index contributed by atoms with van der Waals surface area (Å²) >= 11 is 0. The maximum atomic E-state index is 11.8. The molecule has 0 unspecified atom stereocenters. The molecule has 3 rings (SSSR count). The van der Waals surface area contributed by atoms with Crippen LogP contribution in [-0.2, 0) is 4.74 Å². The van der Waals surface area contributed by atoms with Crippen LogP contribution in [0.5, 0.6) is 0 Å². The van der Waals surface area contributed by atoms with Gasteiger partial charge in [0.05, 0.1) is 12.7 Å². The third-order valence-corrected chi connectivity index (χ3v) is 3.50. The van der Waals surface area contributed by atoms with Crippen LogP contribution >= 0.6 is 0 Å². The summed E-state index contributed by atoms with van der Waals surface area (Å²) < 4.78 is 10.7.